The molecule has 3 aromatic rings. The van der Waals surface area contributed by atoms with Crippen molar-refractivity contribution in [2.24, 2.45) is 0 Å². The molecule has 3 aromatic carbocycles. The van der Waals surface area contributed by atoms with Gasteiger partial charge >= 0.3 is 0 Å². The average Bonchev–Trinajstić information content (AvgIpc) is 2.79. The van der Waals surface area contributed by atoms with Crippen LogP contribution in [0.3, 0.4) is 0 Å². The Bertz CT molecular complexity index is 1230. The largest absolute Gasteiger partial charge is 0.494 e. The zero-order chi connectivity index (χ0) is 24.6. The van der Waals surface area contributed by atoms with Gasteiger partial charge in [-0.1, -0.05) is 36.4 Å². The van der Waals surface area contributed by atoms with Crippen molar-refractivity contribution < 1.29 is 22.7 Å². The predicted octanol–water partition coefficient (Wildman–Crippen LogP) is 3.57. The Morgan fingerprint density at radius 1 is 0.882 bits per heavy atom. The van der Waals surface area contributed by atoms with Crippen molar-refractivity contribution in [2.75, 3.05) is 17.2 Å². The second-order valence-electron chi connectivity index (χ2n) is 7.52. The van der Waals surface area contributed by atoms with Gasteiger partial charge in [0, 0.05) is 18.3 Å². The van der Waals surface area contributed by atoms with Crippen LogP contribution in [0.1, 0.15) is 19.4 Å². The molecule has 0 heterocycles. The van der Waals surface area contributed by atoms with Crippen molar-refractivity contribution in [3.05, 3.63) is 84.4 Å². The number of sulfonamides is 1. The molecule has 0 spiro atoms. The quantitative estimate of drug-likeness (QED) is 0.410. The molecule has 9 heteroatoms. The highest BCUT2D eigenvalue weighted by Crippen LogP contribution is 2.19. The lowest BCUT2D eigenvalue weighted by molar-refractivity contribution is -0.117. The minimum atomic E-state index is -4.00. The zero-order valence-corrected chi connectivity index (χ0v) is 19.8. The Balaban J connectivity index is 1.83. The van der Waals surface area contributed by atoms with Gasteiger partial charge in [-0.05, 0) is 61.4 Å². The predicted molar refractivity (Wildman–Crippen MR) is 131 cm³/mol. The van der Waals surface area contributed by atoms with Gasteiger partial charge in [0.25, 0.3) is 0 Å². The number of amides is 2. The molecule has 178 valence electrons. The molecule has 8 nitrogen and oxygen atoms in total. The molecule has 1 atom stereocenters. The topological polar surface area (TPSA) is 114 Å². The second-order valence-corrected chi connectivity index (χ2v) is 9.23. The minimum absolute atomic E-state index is 0.0227. The molecular formula is C25H27N3O5S. The molecule has 0 aliphatic heterocycles. The van der Waals surface area contributed by atoms with Crippen molar-refractivity contribution >= 4 is 33.2 Å². The van der Waals surface area contributed by atoms with Gasteiger partial charge < -0.3 is 15.4 Å². The molecule has 0 radical (unpaired) electrons. The number of anilines is 2. The van der Waals surface area contributed by atoms with E-state index in [1.54, 1.807) is 36.4 Å². The third kappa shape index (κ3) is 7.16. The van der Waals surface area contributed by atoms with Crippen molar-refractivity contribution in [1.29, 1.82) is 0 Å². The van der Waals surface area contributed by atoms with Crippen LogP contribution < -0.4 is 20.1 Å². The number of carbonyl (C=O) groups is 2. The maximum Gasteiger partial charge on any atom is 0.242 e. The number of rotatable bonds is 10. The summed E-state index contributed by atoms with van der Waals surface area (Å²) in [5, 5.41) is 5.39. The first kappa shape index (κ1) is 24.9. The van der Waals surface area contributed by atoms with E-state index in [2.05, 4.69) is 15.4 Å². The van der Waals surface area contributed by atoms with Gasteiger partial charge in [-0.2, -0.15) is 4.72 Å². The number of hydrogen-bond donors (Lipinski definition) is 3. The van der Waals surface area contributed by atoms with Gasteiger partial charge in [-0.3, -0.25) is 9.59 Å². The van der Waals surface area contributed by atoms with Crippen LogP contribution in [0.5, 0.6) is 5.75 Å². The fourth-order valence-electron chi connectivity index (χ4n) is 3.28. The summed E-state index contributed by atoms with van der Waals surface area (Å²) in [6, 6.07) is 20.7. The summed E-state index contributed by atoms with van der Waals surface area (Å²) in [7, 11) is -4.00. The molecule has 2 amide bonds. The molecule has 3 rings (SSSR count). The number of benzene rings is 3. The first-order valence-electron chi connectivity index (χ1n) is 10.7. The Labute approximate surface area is 199 Å². The first-order chi connectivity index (χ1) is 16.3. The fourth-order valence-corrected chi connectivity index (χ4v) is 4.48. The van der Waals surface area contributed by atoms with E-state index in [0.717, 1.165) is 5.56 Å². The molecular weight excluding hydrogens is 454 g/mol. The van der Waals surface area contributed by atoms with Crippen LogP contribution in [0.4, 0.5) is 11.4 Å². The Morgan fingerprint density at radius 2 is 1.53 bits per heavy atom. The van der Waals surface area contributed by atoms with Gasteiger partial charge in [0.15, 0.2) is 0 Å². The highest BCUT2D eigenvalue weighted by atomic mass is 32.2. The summed E-state index contributed by atoms with van der Waals surface area (Å²) >= 11 is 0. The van der Waals surface area contributed by atoms with Crippen LogP contribution >= 0.6 is 0 Å². The van der Waals surface area contributed by atoms with E-state index >= 15 is 0 Å². The summed E-state index contributed by atoms with van der Waals surface area (Å²) in [5.74, 6) is -0.217. The standard InChI is InChI=1S/C25H27N3O5S/c1-3-33-22-12-14-23(15-13-22)34(31,32)28-24(16-19-8-5-4-6-9-19)25(30)27-21-11-7-10-20(17-21)26-18(2)29/h4-15,17,24,28H,3,16H2,1-2H3,(H,26,29)(H,27,30)/t24-/m1/s1. The second kappa shape index (κ2) is 11.4. The molecule has 0 aromatic heterocycles. The van der Waals surface area contributed by atoms with E-state index < -0.39 is 22.0 Å². The van der Waals surface area contributed by atoms with Crippen LogP contribution in [-0.2, 0) is 26.0 Å². The lowest BCUT2D eigenvalue weighted by Gasteiger charge is -2.19. The monoisotopic (exact) mass is 481 g/mol. The third-order valence-corrected chi connectivity index (χ3v) is 6.28. The third-order valence-electron chi connectivity index (χ3n) is 4.79. The average molecular weight is 482 g/mol. The molecule has 34 heavy (non-hydrogen) atoms. The van der Waals surface area contributed by atoms with Gasteiger partial charge in [0.05, 0.1) is 11.5 Å². The molecule has 0 saturated carbocycles. The Morgan fingerprint density at radius 3 is 2.15 bits per heavy atom. The Kier molecular flexibility index (Phi) is 8.39. The van der Waals surface area contributed by atoms with Crippen molar-refractivity contribution in [3.63, 3.8) is 0 Å². The van der Waals surface area contributed by atoms with Crippen LogP contribution in [0.15, 0.2) is 83.8 Å². The van der Waals surface area contributed by atoms with E-state index in [4.69, 9.17) is 4.74 Å². The number of ether oxygens (including phenoxy) is 1. The van der Waals surface area contributed by atoms with E-state index in [1.807, 2.05) is 37.3 Å². The molecule has 0 aliphatic rings. The van der Waals surface area contributed by atoms with E-state index in [-0.39, 0.29) is 17.2 Å². The molecule has 0 bridgehead atoms. The van der Waals surface area contributed by atoms with Crippen molar-refractivity contribution in [1.82, 2.24) is 4.72 Å². The summed E-state index contributed by atoms with van der Waals surface area (Å²) in [6.45, 7) is 3.69. The van der Waals surface area contributed by atoms with Gasteiger partial charge in [-0.25, -0.2) is 8.42 Å². The lowest BCUT2D eigenvalue weighted by Crippen LogP contribution is -2.45. The molecule has 3 N–H and O–H groups in total. The maximum absolute atomic E-state index is 13.2. The smallest absolute Gasteiger partial charge is 0.242 e. The van der Waals surface area contributed by atoms with Crippen LogP contribution in [-0.4, -0.2) is 32.9 Å². The van der Waals surface area contributed by atoms with E-state index in [1.165, 1.54) is 19.1 Å². The number of carbonyl (C=O) groups excluding carboxylic acids is 2. The summed E-state index contributed by atoms with van der Waals surface area (Å²) in [5.41, 5.74) is 1.73. The SMILES string of the molecule is CCOc1ccc(S(=O)(=O)N[C@H](Cc2ccccc2)C(=O)Nc2cccc(NC(C)=O)c2)cc1. The van der Waals surface area contributed by atoms with Crippen LogP contribution in [0.2, 0.25) is 0 Å². The molecule has 0 unspecified atom stereocenters. The van der Waals surface area contributed by atoms with E-state index in [9.17, 15) is 18.0 Å². The van der Waals surface area contributed by atoms with E-state index in [0.29, 0.717) is 23.7 Å². The normalized spacial score (nSPS) is 11.9. The van der Waals surface area contributed by atoms with Gasteiger partial charge in [0.2, 0.25) is 21.8 Å². The Hall–Kier alpha value is -3.69. The fraction of sp³-hybridized carbons (Fsp3) is 0.200. The summed E-state index contributed by atoms with van der Waals surface area (Å²) in [6.07, 6.45) is 0.147. The lowest BCUT2D eigenvalue weighted by atomic mass is 10.1. The highest BCUT2D eigenvalue weighted by molar-refractivity contribution is 7.89. The molecule has 0 fully saturated rings. The number of nitrogens with one attached hydrogen (secondary N) is 3. The first-order valence-corrected chi connectivity index (χ1v) is 12.2. The van der Waals surface area contributed by atoms with Gasteiger partial charge in [0.1, 0.15) is 11.8 Å². The highest BCUT2D eigenvalue weighted by Gasteiger charge is 2.26. The molecule has 0 aliphatic carbocycles. The van der Waals surface area contributed by atoms with Crippen LogP contribution in [0, 0.1) is 0 Å². The summed E-state index contributed by atoms with van der Waals surface area (Å²) in [4.78, 5) is 24.5. The molecule has 0 saturated heterocycles. The number of hydrogen-bond acceptors (Lipinski definition) is 5. The van der Waals surface area contributed by atoms with Gasteiger partial charge in [-0.15, -0.1) is 0 Å². The van der Waals surface area contributed by atoms with Crippen molar-refractivity contribution in [2.45, 2.75) is 31.2 Å². The minimum Gasteiger partial charge on any atom is -0.494 e. The van der Waals surface area contributed by atoms with Crippen LogP contribution in [0.25, 0.3) is 0 Å². The maximum atomic E-state index is 13.2. The zero-order valence-electron chi connectivity index (χ0n) is 18.9. The summed E-state index contributed by atoms with van der Waals surface area (Å²) < 4.78 is 34.0. The van der Waals surface area contributed by atoms with Crippen molar-refractivity contribution in [3.8, 4) is 5.75 Å².